The van der Waals surface area contributed by atoms with Gasteiger partial charge in [0.2, 0.25) is 5.82 Å². The molecule has 0 saturated carbocycles. The van der Waals surface area contributed by atoms with Crippen LogP contribution in [0.15, 0.2) is 88.3 Å². The molecule has 0 N–H and O–H groups in total. The number of nitrogens with zero attached hydrogens (tertiary/aromatic N) is 3. The van der Waals surface area contributed by atoms with Gasteiger partial charge in [-0.2, -0.15) is 4.98 Å². The molecular weight excluding hydrogens is 402 g/mol. The van der Waals surface area contributed by atoms with Crippen LogP contribution in [-0.4, -0.2) is 21.8 Å². The van der Waals surface area contributed by atoms with Crippen LogP contribution in [0.5, 0.6) is 5.75 Å². The number of ether oxygens (including phenoxy) is 1. The predicted octanol–water partition coefficient (Wildman–Crippen LogP) is 5.28. The fraction of sp³-hybridized carbons (Fsp3) is 0.115. The number of rotatable bonds is 5. The standard InChI is InChI=1S/C26H21N3O3/c1-3-17-11-13-19(14-12-17)29-16-23(21-9-4-5-10-22(21)26(29)30)25-27-24(28-32-25)18-7-6-8-20(15-18)31-2/h4-16H,3H2,1-2H3. The van der Waals surface area contributed by atoms with E-state index >= 15 is 0 Å². The van der Waals surface area contributed by atoms with Crippen LogP contribution in [0.3, 0.4) is 0 Å². The molecule has 5 aromatic rings. The highest BCUT2D eigenvalue weighted by molar-refractivity contribution is 5.94. The van der Waals surface area contributed by atoms with Crippen LogP contribution in [0.4, 0.5) is 0 Å². The van der Waals surface area contributed by atoms with E-state index in [1.807, 2.05) is 72.8 Å². The van der Waals surface area contributed by atoms with Gasteiger partial charge in [-0.25, -0.2) is 0 Å². The minimum atomic E-state index is -0.0962. The molecule has 6 nitrogen and oxygen atoms in total. The monoisotopic (exact) mass is 423 g/mol. The molecule has 0 aliphatic heterocycles. The molecule has 0 unspecified atom stereocenters. The van der Waals surface area contributed by atoms with Gasteiger partial charge in [-0.3, -0.25) is 9.36 Å². The van der Waals surface area contributed by atoms with Crippen LogP contribution in [-0.2, 0) is 6.42 Å². The average Bonchev–Trinajstić information content (AvgIpc) is 3.35. The molecule has 0 amide bonds. The van der Waals surface area contributed by atoms with Crippen LogP contribution in [0.25, 0.3) is 39.3 Å². The lowest BCUT2D eigenvalue weighted by Gasteiger charge is -2.11. The normalized spacial score (nSPS) is 11.1. The Morgan fingerprint density at radius 3 is 2.50 bits per heavy atom. The molecule has 0 radical (unpaired) electrons. The first kappa shape index (κ1) is 19.8. The van der Waals surface area contributed by atoms with Gasteiger partial charge in [0.25, 0.3) is 11.4 Å². The molecular formula is C26H21N3O3. The molecule has 32 heavy (non-hydrogen) atoms. The van der Waals surface area contributed by atoms with Crippen molar-refractivity contribution in [3.8, 4) is 34.3 Å². The third-order valence-electron chi connectivity index (χ3n) is 5.53. The summed E-state index contributed by atoms with van der Waals surface area (Å²) >= 11 is 0. The number of hydrogen-bond acceptors (Lipinski definition) is 5. The van der Waals surface area contributed by atoms with Crippen LogP contribution >= 0.6 is 0 Å². The van der Waals surface area contributed by atoms with E-state index in [2.05, 4.69) is 17.1 Å². The van der Waals surface area contributed by atoms with Gasteiger partial charge in [0, 0.05) is 28.2 Å². The maximum Gasteiger partial charge on any atom is 0.262 e. The van der Waals surface area contributed by atoms with E-state index in [0.717, 1.165) is 23.1 Å². The maximum atomic E-state index is 13.2. The number of fused-ring (bicyclic) bond motifs is 1. The number of hydrogen-bond donors (Lipinski definition) is 0. The Bertz CT molecular complexity index is 1470. The summed E-state index contributed by atoms with van der Waals surface area (Å²) in [7, 11) is 1.61. The topological polar surface area (TPSA) is 70.2 Å². The molecule has 0 saturated heterocycles. The van der Waals surface area contributed by atoms with Crippen molar-refractivity contribution in [1.82, 2.24) is 14.7 Å². The molecule has 6 heteroatoms. The number of aryl methyl sites for hydroxylation is 1. The molecule has 0 spiro atoms. The molecule has 0 aliphatic carbocycles. The van der Waals surface area contributed by atoms with Crippen molar-refractivity contribution in [1.29, 1.82) is 0 Å². The summed E-state index contributed by atoms with van der Waals surface area (Å²) in [5.41, 5.74) is 3.38. The SMILES string of the molecule is CCc1ccc(-n2cc(-c3nc(-c4cccc(OC)c4)no3)c3ccccc3c2=O)cc1. The summed E-state index contributed by atoms with van der Waals surface area (Å²) in [6, 6.07) is 22.9. The molecule has 158 valence electrons. The van der Waals surface area contributed by atoms with E-state index in [1.54, 1.807) is 17.9 Å². The molecule has 2 aromatic heterocycles. The Kier molecular flexibility index (Phi) is 5.03. The molecule has 0 atom stereocenters. The highest BCUT2D eigenvalue weighted by atomic mass is 16.5. The van der Waals surface area contributed by atoms with Gasteiger partial charge in [-0.1, -0.05) is 54.5 Å². The van der Waals surface area contributed by atoms with Gasteiger partial charge in [0.15, 0.2) is 0 Å². The van der Waals surface area contributed by atoms with E-state index < -0.39 is 0 Å². The molecule has 0 fully saturated rings. The minimum Gasteiger partial charge on any atom is -0.497 e. The second-order valence-corrected chi connectivity index (χ2v) is 7.44. The average molecular weight is 423 g/mol. The quantitative estimate of drug-likeness (QED) is 0.385. The fourth-order valence-electron chi connectivity index (χ4n) is 3.76. The second-order valence-electron chi connectivity index (χ2n) is 7.44. The van der Waals surface area contributed by atoms with Gasteiger partial charge in [0.1, 0.15) is 5.75 Å². The predicted molar refractivity (Wildman–Crippen MR) is 124 cm³/mol. The Labute approximate surface area is 184 Å². The van der Waals surface area contributed by atoms with E-state index in [9.17, 15) is 4.79 Å². The van der Waals surface area contributed by atoms with Crippen molar-refractivity contribution in [3.63, 3.8) is 0 Å². The van der Waals surface area contributed by atoms with Crippen molar-refractivity contribution in [3.05, 3.63) is 94.9 Å². The van der Waals surface area contributed by atoms with Crippen LogP contribution in [0, 0.1) is 0 Å². The molecule has 3 aromatic carbocycles. The number of methoxy groups -OCH3 is 1. The first-order valence-electron chi connectivity index (χ1n) is 10.4. The van der Waals surface area contributed by atoms with E-state index in [4.69, 9.17) is 9.26 Å². The van der Waals surface area contributed by atoms with E-state index in [1.165, 1.54) is 5.56 Å². The third-order valence-corrected chi connectivity index (χ3v) is 5.53. The smallest absolute Gasteiger partial charge is 0.262 e. The van der Waals surface area contributed by atoms with E-state index in [-0.39, 0.29) is 5.56 Å². The second kappa shape index (κ2) is 8.15. The van der Waals surface area contributed by atoms with Crippen LogP contribution in [0.2, 0.25) is 0 Å². The number of aromatic nitrogens is 3. The van der Waals surface area contributed by atoms with Crippen molar-refractivity contribution in [2.24, 2.45) is 0 Å². The van der Waals surface area contributed by atoms with Crippen molar-refractivity contribution in [2.45, 2.75) is 13.3 Å². The zero-order valence-electron chi connectivity index (χ0n) is 17.8. The Balaban J connectivity index is 1.68. The summed E-state index contributed by atoms with van der Waals surface area (Å²) in [5.74, 6) is 1.51. The Morgan fingerprint density at radius 1 is 0.969 bits per heavy atom. The van der Waals surface area contributed by atoms with Gasteiger partial charge in [-0.15, -0.1) is 0 Å². The van der Waals surface area contributed by atoms with Crippen molar-refractivity contribution in [2.75, 3.05) is 7.11 Å². The highest BCUT2D eigenvalue weighted by Gasteiger charge is 2.17. The van der Waals surface area contributed by atoms with Crippen molar-refractivity contribution >= 4 is 10.8 Å². The van der Waals surface area contributed by atoms with Gasteiger partial charge in [0.05, 0.1) is 12.7 Å². The summed E-state index contributed by atoms with van der Waals surface area (Å²) in [5, 5.41) is 5.52. The number of pyridine rings is 1. The summed E-state index contributed by atoms with van der Waals surface area (Å²) in [6.07, 6.45) is 2.71. The maximum absolute atomic E-state index is 13.2. The molecule has 0 bridgehead atoms. The molecule has 0 aliphatic rings. The zero-order chi connectivity index (χ0) is 22.1. The fourth-order valence-corrected chi connectivity index (χ4v) is 3.76. The highest BCUT2D eigenvalue weighted by Crippen LogP contribution is 2.29. The first-order chi connectivity index (χ1) is 15.7. The zero-order valence-corrected chi connectivity index (χ0v) is 17.8. The summed E-state index contributed by atoms with van der Waals surface area (Å²) < 4.78 is 12.6. The summed E-state index contributed by atoms with van der Waals surface area (Å²) in [6.45, 7) is 2.10. The van der Waals surface area contributed by atoms with Crippen molar-refractivity contribution < 1.29 is 9.26 Å². The molecule has 5 rings (SSSR count). The summed E-state index contributed by atoms with van der Waals surface area (Å²) in [4.78, 5) is 17.9. The van der Waals surface area contributed by atoms with Gasteiger partial charge >= 0.3 is 0 Å². The van der Waals surface area contributed by atoms with Crippen LogP contribution < -0.4 is 10.3 Å². The minimum absolute atomic E-state index is 0.0962. The van der Waals surface area contributed by atoms with E-state index in [0.29, 0.717) is 28.4 Å². The lowest BCUT2D eigenvalue weighted by molar-refractivity contribution is 0.414. The van der Waals surface area contributed by atoms with Crippen LogP contribution in [0.1, 0.15) is 12.5 Å². The lowest BCUT2D eigenvalue weighted by Crippen LogP contribution is -2.18. The Morgan fingerprint density at radius 2 is 1.75 bits per heavy atom. The lowest BCUT2D eigenvalue weighted by atomic mass is 10.1. The molecule has 2 heterocycles. The number of benzene rings is 3. The third kappa shape index (κ3) is 3.46. The Hall–Kier alpha value is -4.19. The largest absolute Gasteiger partial charge is 0.497 e. The first-order valence-corrected chi connectivity index (χ1v) is 10.4. The van der Waals surface area contributed by atoms with Gasteiger partial charge < -0.3 is 9.26 Å². The van der Waals surface area contributed by atoms with Gasteiger partial charge in [-0.05, 0) is 42.3 Å².